The van der Waals surface area contributed by atoms with Crippen LogP contribution in [0.5, 0.6) is 0 Å². The van der Waals surface area contributed by atoms with Gasteiger partial charge in [0.2, 0.25) is 0 Å². The second kappa shape index (κ2) is 7.21. The van der Waals surface area contributed by atoms with Crippen LogP contribution in [0.25, 0.3) is 0 Å². The van der Waals surface area contributed by atoms with Crippen LogP contribution in [0.4, 0.5) is 0 Å². The van der Waals surface area contributed by atoms with Crippen LogP contribution in [0.2, 0.25) is 0 Å². The lowest BCUT2D eigenvalue weighted by molar-refractivity contribution is -0.0837. The molecule has 0 amide bonds. The number of hydrogen-bond acceptors (Lipinski definition) is 3. The van der Waals surface area contributed by atoms with Crippen molar-refractivity contribution >= 4 is 9.52 Å². The Hall–Kier alpha value is 0.0969. The topological polar surface area (TPSA) is 38.7 Å². The quantitative estimate of drug-likeness (QED) is 0.423. The monoisotopic (exact) mass is 164 g/mol. The summed E-state index contributed by atoms with van der Waals surface area (Å²) >= 11 is 0. The van der Waals surface area contributed by atoms with Gasteiger partial charge < -0.3 is 14.6 Å². The highest BCUT2D eigenvalue weighted by Gasteiger charge is 2.05. The van der Waals surface area contributed by atoms with Gasteiger partial charge in [0, 0.05) is 19.4 Å². The third kappa shape index (κ3) is 4.93. The van der Waals surface area contributed by atoms with E-state index in [-0.39, 0.29) is 12.1 Å². The normalized spacial score (nSPS) is 12.0. The molecule has 0 aliphatic carbocycles. The average Bonchev–Trinajstić information content (AvgIpc) is 1.90. The summed E-state index contributed by atoms with van der Waals surface area (Å²) in [6.07, 6.45) is 0.255. The van der Waals surface area contributed by atoms with Crippen LogP contribution in [0, 0.1) is 0 Å². The summed E-state index contributed by atoms with van der Waals surface area (Å²) < 4.78 is 10.4. The summed E-state index contributed by atoms with van der Waals surface area (Å²) in [5, 5.41) is 8.59. The molecule has 0 rings (SSSR count). The highest BCUT2D eigenvalue weighted by atomic mass is 28.2. The van der Waals surface area contributed by atoms with E-state index >= 15 is 0 Å². The first-order valence-corrected chi connectivity index (χ1v) is 5.50. The van der Waals surface area contributed by atoms with E-state index in [1.54, 1.807) is 0 Å². The van der Waals surface area contributed by atoms with Crippen LogP contribution >= 0.6 is 0 Å². The molecular formula is C6H16O3Si. The van der Waals surface area contributed by atoms with E-state index in [4.69, 9.17) is 14.6 Å². The molecule has 0 spiro atoms. The van der Waals surface area contributed by atoms with Gasteiger partial charge in [-0.1, -0.05) is 0 Å². The molecule has 0 saturated heterocycles. The van der Waals surface area contributed by atoms with Gasteiger partial charge in [-0.05, 0) is 13.8 Å². The van der Waals surface area contributed by atoms with Gasteiger partial charge in [0.15, 0.2) is 0 Å². The van der Waals surface area contributed by atoms with E-state index in [0.717, 1.165) is 0 Å². The smallest absolute Gasteiger partial charge is 0.137 e. The maximum atomic E-state index is 8.59. The van der Waals surface area contributed by atoms with Crippen molar-refractivity contribution in [1.29, 1.82) is 0 Å². The lowest BCUT2D eigenvalue weighted by atomic mass is 10.9. The summed E-state index contributed by atoms with van der Waals surface area (Å²) in [7, 11) is -0.575. The summed E-state index contributed by atoms with van der Waals surface area (Å²) in [6, 6.07) is 0. The zero-order chi connectivity index (χ0) is 7.82. The molecule has 0 heterocycles. The molecule has 0 aromatic carbocycles. The molecule has 0 saturated carbocycles. The molecule has 62 valence electrons. The third-order valence-corrected chi connectivity index (χ3v) is 2.27. The zero-order valence-corrected chi connectivity index (χ0v) is 8.08. The van der Waals surface area contributed by atoms with Crippen LogP contribution in [0.15, 0.2) is 0 Å². The van der Waals surface area contributed by atoms with Crippen LogP contribution in [-0.2, 0) is 9.47 Å². The summed E-state index contributed by atoms with van der Waals surface area (Å²) in [6.45, 7) is 5.19. The lowest BCUT2D eigenvalue weighted by Gasteiger charge is -2.14. The Kier molecular flexibility index (Phi) is 7.28. The third-order valence-electron chi connectivity index (χ3n) is 1.07. The molecule has 0 aliphatic heterocycles. The van der Waals surface area contributed by atoms with Gasteiger partial charge in [0.05, 0.1) is 0 Å². The van der Waals surface area contributed by atoms with Gasteiger partial charge in [0.1, 0.15) is 15.4 Å². The Morgan fingerprint density at radius 2 is 1.80 bits per heavy atom. The van der Waals surface area contributed by atoms with Crippen molar-refractivity contribution in [2.24, 2.45) is 0 Å². The largest absolute Gasteiger partial charge is 0.400 e. The van der Waals surface area contributed by atoms with E-state index in [0.29, 0.717) is 13.2 Å². The fraction of sp³-hybridized carbons (Fsp3) is 1.00. The maximum Gasteiger partial charge on any atom is 0.137 e. The Morgan fingerprint density at radius 3 is 2.10 bits per heavy atom. The van der Waals surface area contributed by atoms with Crippen molar-refractivity contribution in [2.45, 2.75) is 19.8 Å². The van der Waals surface area contributed by atoms with Crippen LogP contribution < -0.4 is 0 Å². The van der Waals surface area contributed by atoms with Gasteiger partial charge in [-0.3, -0.25) is 0 Å². The maximum absolute atomic E-state index is 8.59. The first-order valence-electron chi connectivity index (χ1n) is 3.69. The van der Waals surface area contributed by atoms with Crippen molar-refractivity contribution in [3.05, 3.63) is 0 Å². The Balaban J connectivity index is 3.30. The molecule has 0 atom stereocenters. The highest BCUT2D eigenvalue weighted by molar-refractivity contribution is 6.36. The Morgan fingerprint density at radius 1 is 1.30 bits per heavy atom. The van der Waals surface area contributed by atoms with Gasteiger partial charge >= 0.3 is 0 Å². The lowest BCUT2D eigenvalue weighted by Crippen LogP contribution is -2.27. The predicted molar refractivity (Wildman–Crippen MR) is 42.7 cm³/mol. The van der Waals surface area contributed by atoms with Crippen molar-refractivity contribution in [1.82, 2.24) is 0 Å². The van der Waals surface area contributed by atoms with Crippen molar-refractivity contribution in [3.8, 4) is 0 Å². The van der Waals surface area contributed by atoms with Crippen LogP contribution in [0.3, 0.4) is 0 Å². The second-order valence-electron chi connectivity index (χ2n) is 1.85. The molecule has 0 bridgehead atoms. The van der Waals surface area contributed by atoms with Crippen LogP contribution in [0.1, 0.15) is 13.8 Å². The van der Waals surface area contributed by atoms with Gasteiger partial charge in [-0.25, -0.2) is 0 Å². The molecule has 0 aromatic rings. The number of aliphatic hydroxyl groups excluding tert-OH is 1. The molecule has 0 aliphatic rings. The number of ether oxygens (including phenoxy) is 2. The SMILES string of the molecule is CCOC(OCC)[SiH2]CO. The van der Waals surface area contributed by atoms with Gasteiger partial charge in [-0.15, -0.1) is 0 Å². The van der Waals surface area contributed by atoms with Gasteiger partial charge in [0.25, 0.3) is 0 Å². The minimum absolute atomic E-state index is 0.0833. The van der Waals surface area contributed by atoms with Crippen molar-refractivity contribution in [2.75, 3.05) is 19.4 Å². The minimum atomic E-state index is -0.575. The summed E-state index contributed by atoms with van der Waals surface area (Å²) in [4.78, 5) is 0. The second-order valence-corrected chi connectivity index (χ2v) is 3.54. The zero-order valence-electron chi connectivity index (χ0n) is 6.67. The fourth-order valence-corrected chi connectivity index (χ4v) is 1.71. The van der Waals surface area contributed by atoms with E-state index in [1.807, 2.05) is 13.8 Å². The van der Waals surface area contributed by atoms with Crippen LogP contribution in [-0.4, -0.2) is 40.0 Å². The van der Waals surface area contributed by atoms with Crippen molar-refractivity contribution < 1.29 is 14.6 Å². The van der Waals surface area contributed by atoms with E-state index in [2.05, 4.69) is 0 Å². The number of rotatable bonds is 6. The van der Waals surface area contributed by atoms with E-state index in [1.165, 1.54) is 0 Å². The molecule has 10 heavy (non-hydrogen) atoms. The number of hydrogen-bond donors (Lipinski definition) is 1. The summed E-state index contributed by atoms with van der Waals surface area (Å²) in [5.41, 5.74) is 0. The first-order chi connectivity index (χ1) is 4.85. The molecule has 0 radical (unpaired) electrons. The van der Waals surface area contributed by atoms with E-state index in [9.17, 15) is 0 Å². The molecule has 3 nitrogen and oxygen atoms in total. The summed E-state index contributed by atoms with van der Waals surface area (Å²) in [5.74, 6) is -0.0833. The predicted octanol–water partition coefficient (Wildman–Crippen LogP) is -0.538. The number of aliphatic hydroxyl groups is 1. The molecule has 0 unspecified atom stereocenters. The minimum Gasteiger partial charge on any atom is -0.400 e. The highest BCUT2D eigenvalue weighted by Crippen LogP contribution is 1.91. The molecule has 4 heteroatoms. The van der Waals surface area contributed by atoms with E-state index < -0.39 is 9.52 Å². The first kappa shape index (κ1) is 10.1. The molecule has 1 N–H and O–H groups in total. The fourth-order valence-electron chi connectivity index (χ4n) is 0.692. The van der Waals surface area contributed by atoms with Crippen molar-refractivity contribution in [3.63, 3.8) is 0 Å². The standard InChI is InChI=1S/C6H16O3Si/c1-3-8-6(9-4-2)10-5-7/h6-7H,3-5,10H2,1-2H3. The Bertz CT molecular complexity index is 55.7. The van der Waals surface area contributed by atoms with Gasteiger partial charge in [-0.2, -0.15) is 0 Å². The average molecular weight is 164 g/mol. The molecular weight excluding hydrogens is 148 g/mol. The Labute approximate surface area is 64.2 Å². The molecule has 0 fully saturated rings. The molecule has 0 aromatic heterocycles.